The van der Waals surface area contributed by atoms with Crippen molar-refractivity contribution < 1.29 is 18.9 Å². The first-order chi connectivity index (χ1) is 14.4. The molecule has 2 aliphatic heterocycles. The topological polar surface area (TPSA) is 112 Å². The van der Waals surface area contributed by atoms with E-state index in [2.05, 4.69) is 15.5 Å². The van der Waals surface area contributed by atoms with Crippen molar-refractivity contribution in [3.05, 3.63) is 41.8 Å². The fraction of sp³-hybridized carbons (Fsp3) is 0.450. The van der Waals surface area contributed by atoms with E-state index in [1.165, 1.54) is 7.05 Å². The summed E-state index contributed by atoms with van der Waals surface area (Å²) in [6, 6.07) is 9.10. The Labute approximate surface area is 173 Å². The first-order valence-electron chi connectivity index (χ1n) is 9.88. The maximum absolute atomic E-state index is 13.4. The highest BCUT2D eigenvalue weighted by molar-refractivity contribution is 6.09. The van der Waals surface area contributed by atoms with Crippen LogP contribution in [0.25, 0.3) is 0 Å². The minimum atomic E-state index is -0.990. The number of hydrogen-bond donors (Lipinski definition) is 1. The maximum Gasteiger partial charge on any atom is 0.328 e. The zero-order valence-corrected chi connectivity index (χ0v) is 17.0. The molecule has 0 bridgehead atoms. The number of urea groups is 1. The van der Waals surface area contributed by atoms with Crippen LogP contribution in [0.1, 0.15) is 24.3 Å². The molecule has 2 fully saturated rings. The molecule has 2 saturated heterocycles. The monoisotopic (exact) mass is 412 g/mol. The summed E-state index contributed by atoms with van der Waals surface area (Å²) in [6.45, 7) is 2.74. The van der Waals surface area contributed by atoms with Crippen LogP contribution in [0.2, 0.25) is 0 Å². The van der Waals surface area contributed by atoms with E-state index in [0.717, 1.165) is 10.5 Å². The van der Waals surface area contributed by atoms with Gasteiger partial charge in [-0.3, -0.25) is 14.5 Å². The second kappa shape index (κ2) is 7.77. The molecule has 3 heterocycles. The van der Waals surface area contributed by atoms with E-state index in [1.54, 1.807) is 11.8 Å². The van der Waals surface area contributed by atoms with Gasteiger partial charge >= 0.3 is 6.03 Å². The van der Waals surface area contributed by atoms with E-state index in [1.807, 2.05) is 35.2 Å². The molecule has 0 saturated carbocycles. The largest absolute Gasteiger partial charge is 0.358 e. The standard InChI is InChI=1S/C20H24N6O4/c1-14-22-18(23-30-14)24-10-8-20(9-11-24)17(28)25(13-16(27)21-2)19(29)26(20)12-15-6-4-3-5-7-15/h3-7H,8-13H2,1-2H3,(H,21,27). The molecule has 2 aromatic rings. The van der Waals surface area contributed by atoms with Gasteiger partial charge in [0.1, 0.15) is 12.1 Å². The predicted octanol–water partition coefficient (Wildman–Crippen LogP) is 0.927. The van der Waals surface area contributed by atoms with Crippen LogP contribution in [0.15, 0.2) is 34.9 Å². The van der Waals surface area contributed by atoms with Crippen LogP contribution in [0.3, 0.4) is 0 Å². The van der Waals surface area contributed by atoms with Gasteiger partial charge in [-0.25, -0.2) is 4.79 Å². The number of likely N-dealkylation sites (N-methyl/N-ethyl adjacent to an activating group) is 1. The quantitative estimate of drug-likeness (QED) is 0.727. The molecule has 10 nitrogen and oxygen atoms in total. The van der Waals surface area contributed by atoms with E-state index in [-0.39, 0.29) is 18.4 Å². The summed E-state index contributed by atoms with van der Waals surface area (Å²) < 4.78 is 5.06. The van der Waals surface area contributed by atoms with E-state index in [0.29, 0.717) is 44.3 Å². The summed E-state index contributed by atoms with van der Waals surface area (Å²) in [6.07, 6.45) is 0.838. The molecule has 4 amide bonds. The Morgan fingerprint density at radius 2 is 1.90 bits per heavy atom. The van der Waals surface area contributed by atoms with Crippen molar-refractivity contribution in [3.8, 4) is 0 Å². The lowest BCUT2D eigenvalue weighted by atomic mass is 9.85. The van der Waals surface area contributed by atoms with E-state index < -0.39 is 11.6 Å². The number of carbonyl (C=O) groups excluding carboxylic acids is 3. The van der Waals surface area contributed by atoms with Crippen molar-refractivity contribution in [1.29, 1.82) is 0 Å². The Bertz CT molecular complexity index is 951. The number of aromatic nitrogens is 2. The Balaban J connectivity index is 1.61. The molecule has 4 rings (SSSR count). The van der Waals surface area contributed by atoms with Gasteiger partial charge in [-0.05, 0) is 23.6 Å². The molecule has 0 atom stereocenters. The summed E-state index contributed by atoms with van der Waals surface area (Å²) in [7, 11) is 1.48. The summed E-state index contributed by atoms with van der Waals surface area (Å²) >= 11 is 0. The molecule has 158 valence electrons. The Morgan fingerprint density at radius 1 is 1.20 bits per heavy atom. The van der Waals surface area contributed by atoms with Crippen LogP contribution < -0.4 is 10.2 Å². The van der Waals surface area contributed by atoms with Gasteiger partial charge in [-0.15, -0.1) is 0 Å². The third kappa shape index (κ3) is 3.38. The van der Waals surface area contributed by atoms with Crippen molar-refractivity contribution in [2.24, 2.45) is 0 Å². The van der Waals surface area contributed by atoms with Gasteiger partial charge in [0.05, 0.1) is 0 Å². The first-order valence-corrected chi connectivity index (χ1v) is 9.88. The van der Waals surface area contributed by atoms with Crippen molar-refractivity contribution in [2.75, 3.05) is 31.6 Å². The summed E-state index contributed by atoms with van der Waals surface area (Å²) in [5.74, 6) is 0.250. The molecule has 0 unspecified atom stereocenters. The number of amides is 4. The van der Waals surface area contributed by atoms with Crippen molar-refractivity contribution in [2.45, 2.75) is 31.8 Å². The van der Waals surface area contributed by atoms with Gasteiger partial charge < -0.3 is 19.6 Å². The number of rotatable bonds is 5. The molecular formula is C20H24N6O4. The lowest BCUT2D eigenvalue weighted by molar-refractivity contribution is -0.137. The van der Waals surface area contributed by atoms with Crippen LogP contribution in [0.5, 0.6) is 0 Å². The lowest BCUT2D eigenvalue weighted by Gasteiger charge is -2.41. The van der Waals surface area contributed by atoms with Gasteiger partial charge in [0, 0.05) is 33.6 Å². The number of benzene rings is 1. The van der Waals surface area contributed by atoms with E-state index in [9.17, 15) is 14.4 Å². The highest BCUT2D eigenvalue weighted by atomic mass is 16.5. The zero-order chi connectivity index (χ0) is 21.3. The average Bonchev–Trinajstić information content (AvgIpc) is 3.27. The number of aryl methyl sites for hydroxylation is 1. The predicted molar refractivity (Wildman–Crippen MR) is 106 cm³/mol. The number of carbonyl (C=O) groups is 3. The number of nitrogens with one attached hydrogen (secondary N) is 1. The Morgan fingerprint density at radius 3 is 2.50 bits per heavy atom. The van der Waals surface area contributed by atoms with Gasteiger partial charge in [-0.1, -0.05) is 30.3 Å². The Hall–Kier alpha value is -3.43. The minimum Gasteiger partial charge on any atom is -0.358 e. The molecule has 0 aliphatic carbocycles. The van der Waals surface area contributed by atoms with Crippen LogP contribution in [0.4, 0.5) is 10.7 Å². The Kier molecular flexibility index (Phi) is 5.15. The molecule has 0 radical (unpaired) electrons. The minimum absolute atomic E-state index is 0.283. The molecule has 1 N–H and O–H groups in total. The van der Waals surface area contributed by atoms with Gasteiger partial charge in [-0.2, -0.15) is 4.98 Å². The lowest BCUT2D eigenvalue weighted by Crippen LogP contribution is -2.56. The van der Waals surface area contributed by atoms with Gasteiger partial charge in [0.15, 0.2) is 0 Å². The normalized spacial score (nSPS) is 18.4. The second-order valence-electron chi connectivity index (χ2n) is 7.55. The first kappa shape index (κ1) is 19.9. The van der Waals surface area contributed by atoms with Crippen LogP contribution in [0, 0.1) is 6.92 Å². The van der Waals surface area contributed by atoms with Crippen molar-refractivity contribution in [3.63, 3.8) is 0 Å². The SMILES string of the molecule is CNC(=O)CN1C(=O)N(Cc2ccccc2)C2(CCN(c3noc(C)n3)CC2)C1=O. The van der Waals surface area contributed by atoms with Gasteiger partial charge in [0.2, 0.25) is 11.8 Å². The number of piperidine rings is 1. The van der Waals surface area contributed by atoms with Crippen molar-refractivity contribution >= 4 is 23.8 Å². The third-order valence-electron chi connectivity index (χ3n) is 5.78. The summed E-state index contributed by atoms with van der Waals surface area (Å²) in [5.41, 5.74) is -0.0630. The van der Waals surface area contributed by atoms with E-state index >= 15 is 0 Å². The molecule has 2 aliphatic rings. The summed E-state index contributed by atoms with van der Waals surface area (Å²) in [5, 5.41) is 6.43. The molecule has 30 heavy (non-hydrogen) atoms. The van der Waals surface area contributed by atoms with Gasteiger partial charge in [0.25, 0.3) is 11.9 Å². The molecule has 1 aromatic carbocycles. The number of anilines is 1. The molecular weight excluding hydrogens is 388 g/mol. The van der Waals surface area contributed by atoms with Crippen LogP contribution >= 0.6 is 0 Å². The maximum atomic E-state index is 13.4. The van der Waals surface area contributed by atoms with Crippen LogP contribution in [-0.2, 0) is 16.1 Å². The number of hydrogen-bond acceptors (Lipinski definition) is 7. The molecule has 1 spiro atoms. The molecule has 10 heteroatoms. The van der Waals surface area contributed by atoms with Crippen LogP contribution in [-0.4, -0.2) is 70.0 Å². The zero-order valence-electron chi connectivity index (χ0n) is 17.0. The molecule has 1 aromatic heterocycles. The number of nitrogens with zero attached hydrogens (tertiary/aromatic N) is 5. The number of imide groups is 1. The summed E-state index contributed by atoms with van der Waals surface area (Å²) in [4.78, 5) is 47.4. The highest BCUT2D eigenvalue weighted by Crippen LogP contribution is 2.39. The third-order valence-corrected chi connectivity index (χ3v) is 5.78. The average molecular weight is 412 g/mol. The fourth-order valence-electron chi connectivity index (χ4n) is 4.11. The smallest absolute Gasteiger partial charge is 0.328 e. The highest BCUT2D eigenvalue weighted by Gasteiger charge is 2.58. The van der Waals surface area contributed by atoms with Crippen molar-refractivity contribution in [1.82, 2.24) is 25.3 Å². The fourth-order valence-corrected chi connectivity index (χ4v) is 4.11. The second-order valence-corrected chi connectivity index (χ2v) is 7.55. The van der Waals surface area contributed by atoms with E-state index in [4.69, 9.17) is 4.52 Å².